The minimum Gasteiger partial charge on any atom is -0.311 e. The first-order chi connectivity index (χ1) is 7.08. The normalized spacial score (nSPS) is 10.9. The maximum Gasteiger partial charge on any atom is 0.0762 e. The van der Waals surface area contributed by atoms with E-state index in [9.17, 15) is 0 Å². The molecule has 0 amide bonds. The second kappa shape index (κ2) is 7.69. The molecule has 1 aromatic heterocycles. The molecule has 0 bridgehead atoms. The molecule has 0 aliphatic rings. The van der Waals surface area contributed by atoms with Crippen molar-refractivity contribution >= 4 is 12.4 Å². The van der Waals surface area contributed by atoms with E-state index in [0.717, 1.165) is 25.3 Å². The molecule has 1 rings (SSSR count). The van der Waals surface area contributed by atoms with Crippen LogP contribution in [0.15, 0.2) is 12.3 Å². The Labute approximate surface area is 105 Å². The molecule has 1 N–H and O–H groups in total. The number of rotatable bonds is 6. The fourth-order valence-electron chi connectivity index (χ4n) is 1.46. The van der Waals surface area contributed by atoms with E-state index in [-0.39, 0.29) is 12.4 Å². The highest BCUT2D eigenvalue weighted by Crippen LogP contribution is 2.00. The second-order valence-electron chi connectivity index (χ2n) is 4.95. The van der Waals surface area contributed by atoms with Crippen LogP contribution in [0.25, 0.3) is 0 Å². The van der Waals surface area contributed by atoms with Gasteiger partial charge in [0.05, 0.1) is 5.69 Å². The van der Waals surface area contributed by atoms with Gasteiger partial charge in [0.15, 0.2) is 0 Å². The van der Waals surface area contributed by atoms with Gasteiger partial charge < -0.3 is 5.32 Å². The average Bonchev–Trinajstić information content (AvgIpc) is 2.50. The number of nitrogens with zero attached hydrogens (tertiary/aromatic N) is 2. The number of nitrogens with one attached hydrogen (secondary N) is 1. The molecule has 0 atom stereocenters. The summed E-state index contributed by atoms with van der Waals surface area (Å²) >= 11 is 0. The summed E-state index contributed by atoms with van der Waals surface area (Å²) in [5, 5.41) is 7.89. The quantitative estimate of drug-likeness (QED) is 0.835. The van der Waals surface area contributed by atoms with Crippen LogP contribution >= 0.6 is 12.4 Å². The summed E-state index contributed by atoms with van der Waals surface area (Å²) < 4.78 is 2.02. The van der Waals surface area contributed by atoms with Gasteiger partial charge in [-0.1, -0.05) is 27.7 Å². The molecular weight excluding hydrogens is 222 g/mol. The van der Waals surface area contributed by atoms with Crippen molar-refractivity contribution in [2.45, 2.75) is 40.8 Å². The Balaban J connectivity index is 0.00000225. The molecule has 4 heteroatoms. The lowest BCUT2D eigenvalue weighted by Gasteiger charge is -2.06. The molecule has 0 aromatic carbocycles. The number of hydrogen-bond donors (Lipinski definition) is 1. The van der Waals surface area contributed by atoms with Crippen LogP contribution < -0.4 is 5.32 Å². The number of aromatic nitrogens is 2. The molecule has 3 nitrogen and oxygen atoms in total. The molecule has 0 fully saturated rings. The third kappa shape index (κ3) is 6.13. The standard InChI is InChI=1S/C12H23N3.ClH/c1-10(2)7-13-8-12-5-6-15(14-12)9-11(3)4;/h5-6,10-11,13H,7-9H2,1-4H3;1H. The summed E-state index contributed by atoms with van der Waals surface area (Å²) in [5.74, 6) is 1.35. The van der Waals surface area contributed by atoms with Gasteiger partial charge in [0, 0.05) is 19.3 Å². The van der Waals surface area contributed by atoms with Gasteiger partial charge in [-0.05, 0) is 24.4 Å². The zero-order chi connectivity index (χ0) is 11.3. The molecule has 1 aromatic rings. The van der Waals surface area contributed by atoms with Crippen molar-refractivity contribution in [2.24, 2.45) is 11.8 Å². The fraction of sp³-hybridized carbons (Fsp3) is 0.750. The predicted octanol–water partition coefficient (Wildman–Crippen LogP) is 2.71. The van der Waals surface area contributed by atoms with Crippen molar-refractivity contribution < 1.29 is 0 Å². The van der Waals surface area contributed by atoms with Gasteiger partial charge in [-0.3, -0.25) is 4.68 Å². The van der Waals surface area contributed by atoms with Gasteiger partial charge >= 0.3 is 0 Å². The maximum absolute atomic E-state index is 4.50. The fourth-order valence-corrected chi connectivity index (χ4v) is 1.46. The first-order valence-electron chi connectivity index (χ1n) is 5.81. The van der Waals surface area contributed by atoms with Crippen molar-refractivity contribution in [3.8, 4) is 0 Å². The zero-order valence-corrected chi connectivity index (χ0v) is 11.5. The van der Waals surface area contributed by atoms with Gasteiger partial charge in [-0.2, -0.15) is 5.10 Å². The van der Waals surface area contributed by atoms with Crippen molar-refractivity contribution in [1.82, 2.24) is 15.1 Å². The molecule has 0 unspecified atom stereocenters. The van der Waals surface area contributed by atoms with Gasteiger partial charge in [0.1, 0.15) is 0 Å². The Morgan fingerprint density at radius 2 is 1.94 bits per heavy atom. The van der Waals surface area contributed by atoms with E-state index in [1.165, 1.54) is 0 Å². The lowest BCUT2D eigenvalue weighted by molar-refractivity contribution is 0.475. The number of hydrogen-bond acceptors (Lipinski definition) is 2. The molecule has 0 radical (unpaired) electrons. The summed E-state index contributed by atoms with van der Waals surface area (Å²) in [6.45, 7) is 11.8. The first kappa shape index (κ1) is 15.5. The van der Waals surface area contributed by atoms with Crippen molar-refractivity contribution in [2.75, 3.05) is 6.54 Å². The van der Waals surface area contributed by atoms with Crippen LogP contribution in [0.1, 0.15) is 33.4 Å². The van der Waals surface area contributed by atoms with Crippen LogP contribution in [0.4, 0.5) is 0 Å². The molecule has 0 aliphatic carbocycles. The van der Waals surface area contributed by atoms with Gasteiger partial charge in [0.25, 0.3) is 0 Å². The summed E-state index contributed by atoms with van der Waals surface area (Å²) in [7, 11) is 0. The first-order valence-corrected chi connectivity index (χ1v) is 5.81. The van der Waals surface area contributed by atoms with Crippen LogP contribution in [0.3, 0.4) is 0 Å². The van der Waals surface area contributed by atoms with Crippen molar-refractivity contribution in [1.29, 1.82) is 0 Å². The van der Waals surface area contributed by atoms with Crippen LogP contribution in [0, 0.1) is 11.8 Å². The highest BCUT2D eigenvalue weighted by Gasteiger charge is 2.01. The summed E-state index contributed by atoms with van der Waals surface area (Å²) in [6.07, 6.45) is 2.06. The maximum atomic E-state index is 4.50. The predicted molar refractivity (Wildman–Crippen MR) is 70.9 cm³/mol. The number of halogens is 1. The van der Waals surface area contributed by atoms with E-state index in [1.807, 2.05) is 4.68 Å². The summed E-state index contributed by atoms with van der Waals surface area (Å²) in [6, 6.07) is 2.09. The lowest BCUT2D eigenvalue weighted by atomic mass is 10.2. The van der Waals surface area contributed by atoms with Crippen LogP contribution in [0.2, 0.25) is 0 Å². The monoisotopic (exact) mass is 245 g/mol. The van der Waals surface area contributed by atoms with Gasteiger partial charge in [0.2, 0.25) is 0 Å². The van der Waals surface area contributed by atoms with Crippen LogP contribution in [-0.2, 0) is 13.1 Å². The van der Waals surface area contributed by atoms with E-state index < -0.39 is 0 Å². The molecule has 1 heterocycles. The molecule has 0 spiro atoms. The molecule has 94 valence electrons. The zero-order valence-electron chi connectivity index (χ0n) is 10.7. The molecule has 0 saturated heterocycles. The van der Waals surface area contributed by atoms with E-state index in [4.69, 9.17) is 0 Å². The van der Waals surface area contributed by atoms with E-state index in [1.54, 1.807) is 0 Å². The van der Waals surface area contributed by atoms with Gasteiger partial charge in [-0.15, -0.1) is 12.4 Å². The minimum atomic E-state index is 0. The average molecular weight is 246 g/mol. The highest BCUT2D eigenvalue weighted by molar-refractivity contribution is 5.85. The van der Waals surface area contributed by atoms with Gasteiger partial charge in [-0.25, -0.2) is 0 Å². The Kier molecular flexibility index (Phi) is 7.43. The smallest absolute Gasteiger partial charge is 0.0762 e. The van der Waals surface area contributed by atoms with E-state index in [0.29, 0.717) is 11.8 Å². The highest BCUT2D eigenvalue weighted by atomic mass is 35.5. The Hall–Kier alpha value is -0.540. The van der Waals surface area contributed by atoms with E-state index >= 15 is 0 Å². The minimum absolute atomic E-state index is 0. The largest absolute Gasteiger partial charge is 0.311 e. The van der Waals surface area contributed by atoms with Crippen molar-refractivity contribution in [3.05, 3.63) is 18.0 Å². The summed E-state index contributed by atoms with van der Waals surface area (Å²) in [5.41, 5.74) is 1.14. The second-order valence-corrected chi connectivity index (χ2v) is 4.95. The molecule has 0 saturated carbocycles. The van der Waals surface area contributed by atoms with E-state index in [2.05, 4.69) is 50.4 Å². The Bertz CT molecular complexity index is 282. The molecule has 0 aliphatic heterocycles. The Morgan fingerprint density at radius 1 is 1.25 bits per heavy atom. The molecule has 16 heavy (non-hydrogen) atoms. The van der Waals surface area contributed by atoms with Crippen LogP contribution in [-0.4, -0.2) is 16.3 Å². The molecular formula is C12H24ClN3. The van der Waals surface area contributed by atoms with Crippen LogP contribution in [0.5, 0.6) is 0 Å². The SMILES string of the molecule is CC(C)CNCc1ccn(CC(C)C)n1.Cl. The Morgan fingerprint density at radius 3 is 2.50 bits per heavy atom. The summed E-state index contributed by atoms with van der Waals surface area (Å²) in [4.78, 5) is 0. The lowest BCUT2D eigenvalue weighted by Crippen LogP contribution is -2.19. The third-order valence-corrected chi connectivity index (χ3v) is 2.11. The van der Waals surface area contributed by atoms with Crippen molar-refractivity contribution in [3.63, 3.8) is 0 Å². The third-order valence-electron chi connectivity index (χ3n) is 2.11. The topological polar surface area (TPSA) is 29.9 Å².